The summed E-state index contributed by atoms with van der Waals surface area (Å²) in [6, 6.07) is 4.67. The highest BCUT2D eigenvalue weighted by Crippen LogP contribution is 2.27. The number of rotatable bonds is 4. The van der Waals surface area contributed by atoms with E-state index in [0.29, 0.717) is 12.1 Å². The van der Waals surface area contributed by atoms with E-state index in [1.807, 2.05) is 20.8 Å². The monoisotopic (exact) mass is 322 g/mol. The van der Waals surface area contributed by atoms with Crippen molar-refractivity contribution in [2.24, 2.45) is 5.41 Å². The Kier molecular flexibility index (Phi) is 4.73. The van der Waals surface area contributed by atoms with E-state index < -0.39 is 17.7 Å². The van der Waals surface area contributed by atoms with Crippen LogP contribution in [0.5, 0.6) is 0 Å². The minimum atomic E-state index is -1.09. The van der Waals surface area contributed by atoms with Crippen LogP contribution >= 0.6 is 0 Å². The lowest BCUT2D eigenvalue weighted by Crippen LogP contribution is -2.44. The number of carbonyl (C=O) groups is 1. The second-order valence-electron chi connectivity index (χ2n) is 6.62. The predicted molar refractivity (Wildman–Crippen MR) is 84.3 cm³/mol. The molecule has 0 spiro atoms. The van der Waals surface area contributed by atoms with Gasteiger partial charge in [-0.25, -0.2) is 13.6 Å². The summed E-state index contributed by atoms with van der Waals surface area (Å²) < 4.78 is 27.1. The van der Waals surface area contributed by atoms with Crippen molar-refractivity contribution in [1.29, 1.82) is 0 Å². The number of hydrogen-bond acceptors (Lipinski definition) is 1. The summed E-state index contributed by atoms with van der Waals surface area (Å²) in [5.41, 5.74) is 1.15. The van der Waals surface area contributed by atoms with Gasteiger partial charge in [0.2, 0.25) is 0 Å². The predicted octanol–water partition coefficient (Wildman–Crippen LogP) is 4.18. The Hall–Kier alpha value is -2.37. The van der Waals surface area contributed by atoms with E-state index in [0.717, 1.165) is 23.8 Å². The van der Waals surface area contributed by atoms with Gasteiger partial charge >= 0.3 is 6.09 Å². The molecular weight excluding hydrogens is 302 g/mol. The molecule has 6 heteroatoms. The molecule has 0 aliphatic rings. The first-order chi connectivity index (χ1) is 10.7. The van der Waals surface area contributed by atoms with Crippen molar-refractivity contribution >= 4 is 6.09 Å². The Morgan fingerprint density at radius 1 is 1.30 bits per heavy atom. The van der Waals surface area contributed by atoms with E-state index in [-0.39, 0.29) is 17.0 Å². The number of hydrogen-bond donors (Lipinski definition) is 3. The van der Waals surface area contributed by atoms with Gasteiger partial charge in [0.05, 0.1) is 0 Å². The van der Waals surface area contributed by atoms with Crippen LogP contribution in [0.15, 0.2) is 30.5 Å². The topological polar surface area (TPSA) is 65.1 Å². The van der Waals surface area contributed by atoms with E-state index in [1.54, 1.807) is 12.3 Å². The molecular formula is C17H20F2N2O2. The lowest BCUT2D eigenvalue weighted by atomic mass is 9.83. The highest BCUT2D eigenvalue weighted by molar-refractivity contribution is 5.65. The SMILES string of the molecule is CC(C)(C)C(Cc1c[nH]c(-c2cc(F)ccc2F)c1)NC(=O)O. The van der Waals surface area contributed by atoms with E-state index >= 15 is 0 Å². The van der Waals surface area contributed by atoms with Crippen LogP contribution in [0.25, 0.3) is 11.3 Å². The van der Waals surface area contributed by atoms with Gasteiger partial charge in [-0.15, -0.1) is 0 Å². The molecule has 2 rings (SSSR count). The van der Waals surface area contributed by atoms with Crippen molar-refractivity contribution in [1.82, 2.24) is 10.3 Å². The fraction of sp³-hybridized carbons (Fsp3) is 0.353. The Morgan fingerprint density at radius 2 is 2.00 bits per heavy atom. The van der Waals surface area contributed by atoms with Crippen molar-refractivity contribution in [3.05, 3.63) is 47.7 Å². The Labute approximate surface area is 133 Å². The molecule has 0 bridgehead atoms. The largest absolute Gasteiger partial charge is 0.465 e. The summed E-state index contributed by atoms with van der Waals surface area (Å²) in [6.45, 7) is 5.81. The first-order valence-electron chi connectivity index (χ1n) is 7.29. The van der Waals surface area contributed by atoms with Crippen LogP contribution in [0.4, 0.5) is 13.6 Å². The van der Waals surface area contributed by atoms with E-state index in [1.165, 1.54) is 0 Å². The summed E-state index contributed by atoms with van der Waals surface area (Å²) >= 11 is 0. The minimum absolute atomic E-state index is 0.148. The number of H-pyrrole nitrogens is 1. The summed E-state index contributed by atoms with van der Waals surface area (Å²) in [6.07, 6.45) is 1.04. The third-order valence-corrected chi connectivity index (χ3v) is 3.74. The van der Waals surface area contributed by atoms with Crippen LogP contribution in [0, 0.1) is 17.0 Å². The first-order valence-corrected chi connectivity index (χ1v) is 7.29. The van der Waals surface area contributed by atoms with Gasteiger partial charge in [0, 0.05) is 23.5 Å². The molecule has 0 saturated heterocycles. The molecule has 124 valence electrons. The Balaban J connectivity index is 2.24. The standard InChI is InChI=1S/C17H20F2N2O2/c1-17(2,3)15(21-16(22)23)7-10-6-14(20-9-10)12-8-11(18)4-5-13(12)19/h4-6,8-9,15,20-21H,7H2,1-3H3,(H,22,23). The minimum Gasteiger partial charge on any atom is -0.465 e. The molecule has 1 atom stereocenters. The smallest absolute Gasteiger partial charge is 0.404 e. The number of aromatic nitrogens is 1. The van der Waals surface area contributed by atoms with E-state index in [4.69, 9.17) is 5.11 Å². The van der Waals surface area contributed by atoms with E-state index in [2.05, 4.69) is 10.3 Å². The molecule has 0 aliphatic carbocycles. The second-order valence-corrected chi connectivity index (χ2v) is 6.62. The maximum atomic E-state index is 13.8. The zero-order chi connectivity index (χ0) is 17.2. The molecule has 1 aromatic heterocycles. The molecule has 1 amide bonds. The first kappa shape index (κ1) is 17.0. The molecule has 3 N–H and O–H groups in total. The van der Waals surface area contributed by atoms with Crippen LogP contribution < -0.4 is 5.32 Å². The number of benzene rings is 1. The third-order valence-electron chi connectivity index (χ3n) is 3.74. The number of aromatic amines is 1. The van der Waals surface area contributed by atoms with Gasteiger partial charge in [0.1, 0.15) is 11.6 Å². The van der Waals surface area contributed by atoms with Crippen molar-refractivity contribution in [3.63, 3.8) is 0 Å². The number of nitrogens with one attached hydrogen (secondary N) is 2. The third kappa shape index (κ3) is 4.31. The number of halogens is 2. The molecule has 0 aliphatic heterocycles. The van der Waals surface area contributed by atoms with Crippen molar-refractivity contribution < 1.29 is 18.7 Å². The molecule has 2 aromatic rings. The highest BCUT2D eigenvalue weighted by atomic mass is 19.1. The molecule has 0 saturated carbocycles. The van der Waals surface area contributed by atoms with Gasteiger partial charge in [-0.05, 0) is 41.7 Å². The molecule has 0 fully saturated rings. The van der Waals surface area contributed by atoms with Crippen LogP contribution in [0.1, 0.15) is 26.3 Å². The normalized spacial score (nSPS) is 12.9. The molecule has 1 unspecified atom stereocenters. The quantitative estimate of drug-likeness (QED) is 0.790. The zero-order valence-electron chi connectivity index (χ0n) is 13.3. The van der Waals surface area contributed by atoms with Gasteiger partial charge < -0.3 is 15.4 Å². The Morgan fingerprint density at radius 3 is 2.61 bits per heavy atom. The van der Waals surface area contributed by atoms with Gasteiger partial charge in [-0.2, -0.15) is 0 Å². The van der Waals surface area contributed by atoms with Crippen LogP contribution in [-0.4, -0.2) is 22.2 Å². The highest BCUT2D eigenvalue weighted by Gasteiger charge is 2.26. The summed E-state index contributed by atoms with van der Waals surface area (Å²) in [7, 11) is 0. The van der Waals surface area contributed by atoms with E-state index in [9.17, 15) is 13.6 Å². The van der Waals surface area contributed by atoms with Gasteiger partial charge in [-0.3, -0.25) is 0 Å². The number of carboxylic acid groups (broad SMARTS) is 1. The van der Waals surface area contributed by atoms with Crippen molar-refractivity contribution in [3.8, 4) is 11.3 Å². The average Bonchev–Trinajstić information content (AvgIpc) is 2.88. The van der Waals surface area contributed by atoms with Crippen LogP contribution in [0.3, 0.4) is 0 Å². The zero-order valence-corrected chi connectivity index (χ0v) is 13.3. The fourth-order valence-corrected chi connectivity index (χ4v) is 2.37. The lowest BCUT2D eigenvalue weighted by Gasteiger charge is -2.30. The summed E-state index contributed by atoms with van der Waals surface area (Å²) in [4.78, 5) is 13.9. The van der Waals surface area contributed by atoms with Crippen LogP contribution in [-0.2, 0) is 6.42 Å². The fourth-order valence-electron chi connectivity index (χ4n) is 2.37. The Bertz CT molecular complexity index is 705. The number of amides is 1. The summed E-state index contributed by atoms with van der Waals surface area (Å²) in [5.74, 6) is -1.03. The molecule has 1 aromatic carbocycles. The molecule has 4 nitrogen and oxygen atoms in total. The second kappa shape index (κ2) is 6.40. The van der Waals surface area contributed by atoms with Gasteiger partial charge in [-0.1, -0.05) is 20.8 Å². The van der Waals surface area contributed by atoms with Crippen LogP contribution in [0.2, 0.25) is 0 Å². The maximum Gasteiger partial charge on any atom is 0.404 e. The van der Waals surface area contributed by atoms with Gasteiger partial charge in [0.25, 0.3) is 0 Å². The molecule has 1 heterocycles. The van der Waals surface area contributed by atoms with Crippen molar-refractivity contribution in [2.75, 3.05) is 0 Å². The maximum absolute atomic E-state index is 13.8. The van der Waals surface area contributed by atoms with Gasteiger partial charge in [0.15, 0.2) is 0 Å². The lowest BCUT2D eigenvalue weighted by molar-refractivity contribution is 0.174. The average molecular weight is 322 g/mol. The van der Waals surface area contributed by atoms with Crippen molar-refractivity contribution in [2.45, 2.75) is 33.2 Å². The molecule has 0 radical (unpaired) electrons. The summed E-state index contributed by atoms with van der Waals surface area (Å²) in [5, 5.41) is 11.5. The molecule has 23 heavy (non-hydrogen) atoms.